The molecule has 2 N–H and O–H groups in total. The fraction of sp³-hybridized carbons (Fsp3) is 0.304. The molecule has 1 aliphatic heterocycles. The summed E-state index contributed by atoms with van der Waals surface area (Å²) in [5.41, 5.74) is 0.949. The molecule has 3 rings (SSSR count). The molecule has 0 aromatic heterocycles. The number of rotatable bonds is 7. The van der Waals surface area contributed by atoms with Gasteiger partial charge < -0.3 is 20.2 Å². The Morgan fingerprint density at radius 1 is 1.15 bits per heavy atom. The molecule has 0 saturated heterocycles. The van der Waals surface area contributed by atoms with Crippen molar-refractivity contribution >= 4 is 52.4 Å². The Morgan fingerprint density at radius 2 is 1.79 bits per heavy atom. The third kappa shape index (κ3) is 5.83. The molecular formula is C23H23Cl2N3O5. The number of hydrogen-bond acceptors (Lipinski definition) is 6. The molecule has 0 spiro atoms. The first-order valence-electron chi connectivity index (χ1n) is 10.1. The lowest BCUT2D eigenvalue weighted by molar-refractivity contribution is -0.150. The van der Waals surface area contributed by atoms with Crippen molar-refractivity contribution in [1.82, 2.24) is 5.32 Å². The number of nitrogens with zero attached hydrogens (tertiary/aromatic N) is 1. The summed E-state index contributed by atoms with van der Waals surface area (Å²) >= 11 is 12.2. The van der Waals surface area contributed by atoms with Crippen LogP contribution in [0.4, 0.5) is 5.69 Å². The highest BCUT2D eigenvalue weighted by Crippen LogP contribution is 2.26. The number of ether oxygens (including phenoxy) is 1. The van der Waals surface area contributed by atoms with Crippen molar-refractivity contribution in [3.8, 4) is 0 Å². The summed E-state index contributed by atoms with van der Waals surface area (Å²) in [6.07, 6.45) is 0.509. The van der Waals surface area contributed by atoms with E-state index in [1.54, 1.807) is 56.3 Å². The van der Waals surface area contributed by atoms with Crippen LogP contribution in [0.3, 0.4) is 0 Å². The van der Waals surface area contributed by atoms with Gasteiger partial charge in [0.25, 0.3) is 11.8 Å². The van der Waals surface area contributed by atoms with E-state index in [0.717, 1.165) is 5.56 Å². The molecule has 8 nitrogen and oxygen atoms in total. The predicted molar refractivity (Wildman–Crippen MR) is 126 cm³/mol. The number of oxime groups is 1. The third-order valence-electron chi connectivity index (χ3n) is 5.11. The number of amides is 2. The predicted octanol–water partition coefficient (Wildman–Crippen LogP) is 4.00. The second-order valence-corrected chi connectivity index (χ2v) is 8.64. The van der Waals surface area contributed by atoms with Gasteiger partial charge in [0.1, 0.15) is 6.04 Å². The van der Waals surface area contributed by atoms with Gasteiger partial charge in [0.15, 0.2) is 0 Å². The molecule has 2 amide bonds. The van der Waals surface area contributed by atoms with Gasteiger partial charge in [0, 0.05) is 18.5 Å². The van der Waals surface area contributed by atoms with Crippen LogP contribution >= 0.6 is 23.2 Å². The number of nitrogens with one attached hydrogen (secondary N) is 2. The molecule has 1 heterocycles. The average molecular weight is 492 g/mol. The third-order valence-corrected chi connectivity index (χ3v) is 5.74. The van der Waals surface area contributed by atoms with E-state index in [1.807, 2.05) is 0 Å². The topological polar surface area (TPSA) is 106 Å². The molecule has 1 aliphatic rings. The standard InChI is InChI=1S/C23H23Cl2N3O5/c1-13-12-23(2,33-28-13)22(31)27-18(21(30)32-3)11-14-7-9-15(10-8-14)26-20(29)19-16(24)5-4-6-17(19)25/h4-10,18H,11-12H2,1-3H3,(H,26,29)(H,27,31)/t18-,23?/m0/s1. The smallest absolute Gasteiger partial charge is 0.328 e. The van der Waals surface area contributed by atoms with Gasteiger partial charge in [-0.15, -0.1) is 0 Å². The zero-order chi connectivity index (χ0) is 24.2. The molecule has 0 bridgehead atoms. The molecular weight excluding hydrogens is 469 g/mol. The Balaban J connectivity index is 1.67. The molecule has 2 aromatic rings. The number of anilines is 1. The summed E-state index contributed by atoms with van der Waals surface area (Å²) < 4.78 is 4.84. The van der Waals surface area contributed by atoms with Gasteiger partial charge in [0.05, 0.1) is 28.4 Å². The Hall–Kier alpha value is -3.10. The van der Waals surface area contributed by atoms with Crippen LogP contribution in [0.5, 0.6) is 0 Å². The summed E-state index contributed by atoms with van der Waals surface area (Å²) in [4.78, 5) is 42.8. The zero-order valence-corrected chi connectivity index (χ0v) is 19.8. The van der Waals surface area contributed by atoms with Crippen LogP contribution in [0.15, 0.2) is 47.6 Å². The first-order chi connectivity index (χ1) is 15.6. The maximum atomic E-state index is 12.7. The molecule has 2 atom stereocenters. The SMILES string of the molecule is COC(=O)[C@H](Cc1ccc(NC(=O)c2c(Cl)cccc2Cl)cc1)NC(=O)C1(C)CC(C)=NO1. The molecule has 10 heteroatoms. The number of halogens is 2. The largest absolute Gasteiger partial charge is 0.467 e. The molecule has 1 unspecified atom stereocenters. The van der Waals surface area contributed by atoms with Crippen molar-refractivity contribution in [2.24, 2.45) is 5.16 Å². The van der Waals surface area contributed by atoms with Gasteiger partial charge in [-0.1, -0.05) is 46.6 Å². The Morgan fingerprint density at radius 3 is 2.33 bits per heavy atom. The number of esters is 1. The van der Waals surface area contributed by atoms with Crippen molar-refractivity contribution in [2.75, 3.05) is 12.4 Å². The van der Waals surface area contributed by atoms with Crippen LogP contribution in [-0.2, 0) is 25.6 Å². The van der Waals surface area contributed by atoms with Gasteiger partial charge in [-0.2, -0.15) is 0 Å². The number of hydrogen-bond donors (Lipinski definition) is 2. The molecule has 0 saturated carbocycles. The summed E-state index contributed by atoms with van der Waals surface area (Å²) in [5, 5.41) is 9.73. The highest BCUT2D eigenvalue weighted by molar-refractivity contribution is 6.40. The zero-order valence-electron chi connectivity index (χ0n) is 18.3. The van der Waals surface area contributed by atoms with E-state index < -0.39 is 29.4 Å². The molecule has 0 aliphatic carbocycles. The molecule has 0 radical (unpaired) electrons. The van der Waals surface area contributed by atoms with E-state index in [2.05, 4.69) is 15.8 Å². The average Bonchev–Trinajstić information content (AvgIpc) is 3.13. The fourth-order valence-electron chi connectivity index (χ4n) is 3.37. The maximum Gasteiger partial charge on any atom is 0.328 e. The van der Waals surface area contributed by atoms with Crippen molar-refractivity contribution in [3.05, 3.63) is 63.6 Å². The lowest BCUT2D eigenvalue weighted by Crippen LogP contribution is -2.52. The lowest BCUT2D eigenvalue weighted by atomic mass is 9.98. The lowest BCUT2D eigenvalue weighted by Gasteiger charge is -2.24. The monoisotopic (exact) mass is 491 g/mol. The minimum Gasteiger partial charge on any atom is -0.467 e. The molecule has 2 aromatic carbocycles. The van der Waals surface area contributed by atoms with Crippen molar-refractivity contribution in [3.63, 3.8) is 0 Å². The fourth-order valence-corrected chi connectivity index (χ4v) is 3.94. The van der Waals surface area contributed by atoms with Crippen LogP contribution in [0.1, 0.15) is 36.2 Å². The van der Waals surface area contributed by atoms with E-state index in [0.29, 0.717) is 17.8 Å². The minimum absolute atomic E-state index is 0.179. The second kappa shape index (κ2) is 10.2. The molecule has 174 valence electrons. The highest BCUT2D eigenvalue weighted by Gasteiger charge is 2.42. The maximum absolute atomic E-state index is 12.7. The van der Waals surface area contributed by atoms with Crippen LogP contribution in [0, 0.1) is 0 Å². The van der Waals surface area contributed by atoms with Crippen LogP contribution in [0.25, 0.3) is 0 Å². The number of benzene rings is 2. The molecule has 0 fully saturated rings. The number of carbonyl (C=O) groups is 3. The van der Waals surface area contributed by atoms with Crippen molar-refractivity contribution < 1.29 is 24.0 Å². The van der Waals surface area contributed by atoms with Gasteiger partial charge in [-0.25, -0.2) is 4.79 Å². The van der Waals surface area contributed by atoms with Gasteiger partial charge in [-0.3, -0.25) is 9.59 Å². The van der Waals surface area contributed by atoms with Crippen LogP contribution in [-0.4, -0.2) is 42.2 Å². The van der Waals surface area contributed by atoms with E-state index in [4.69, 9.17) is 32.8 Å². The van der Waals surface area contributed by atoms with Crippen LogP contribution < -0.4 is 10.6 Å². The Kier molecular flexibility index (Phi) is 7.61. The summed E-state index contributed by atoms with van der Waals surface area (Å²) in [5.74, 6) is -1.49. The van der Waals surface area contributed by atoms with Gasteiger partial charge in [0.2, 0.25) is 5.60 Å². The van der Waals surface area contributed by atoms with Gasteiger partial charge in [-0.05, 0) is 43.7 Å². The number of carbonyl (C=O) groups excluding carboxylic acids is 3. The Labute approximate surface area is 201 Å². The second-order valence-electron chi connectivity index (χ2n) is 7.83. The highest BCUT2D eigenvalue weighted by atomic mass is 35.5. The Bertz CT molecular complexity index is 1080. The summed E-state index contributed by atoms with van der Waals surface area (Å²) in [6, 6.07) is 10.7. The minimum atomic E-state index is -1.18. The van der Waals surface area contributed by atoms with Gasteiger partial charge >= 0.3 is 5.97 Å². The van der Waals surface area contributed by atoms with E-state index >= 15 is 0 Å². The number of methoxy groups -OCH3 is 1. The van der Waals surface area contributed by atoms with Crippen molar-refractivity contribution in [1.29, 1.82) is 0 Å². The quantitative estimate of drug-likeness (QED) is 0.569. The van der Waals surface area contributed by atoms with Crippen molar-refractivity contribution in [2.45, 2.75) is 38.3 Å². The first kappa shape index (κ1) is 24.5. The normalized spacial score (nSPS) is 18.0. The molecule has 33 heavy (non-hydrogen) atoms. The van der Waals surface area contributed by atoms with Crippen LogP contribution in [0.2, 0.25) is 10.0 Å². The summed E-state index contributed by atoms with van der Waals surface area (Å²) in [6.45, 7) is 3.37. The van der Waals surface area contributed by atoms with E-state index in [1.165, 1.54) is 7.11 Å². The summed E-state index contributed by atoms with van der Waals surface area (Å²) in [7, 11) is 1.25. The van der Waals surface area contributed by atoms with E-state index in [9.17, 15) is 14.4 Å². The first-order valence-corrected chi connectivity index (χ1v) is 10.8. The van der Waals surface area contributed by atoms with E-state index in [-0.39, 0.29) is 22.0 Å².